The average Bonchev–Trinajstić information content (AvgIpc) is 2.92. The second-order valence-corrected chi connectivity index (χ2v) is 6.11. The number of amides is 1. The van der Waals surface area contributed by atoms with Crippen molar-refractivity contribution in [2.24, 2.45) is 0 Å². The Hall–Kier alpha value is -1.66. The highest BCUT2D eigenvalue weighted by Gasteiger charge is 2.18. The first kappa shape index (κ1) is 15.2. The van der Waals surface area contributed by atoms with Crippen LogP contribution in [0.2, 0.25) is 5.15 Å². The standard InChI is InChI=1S/C15H20ClN5O/c1-11-4-2-3-8-20(11)9-7-17-15(22)12-10-21-14(18-12)6-5-13(16)19-21/h5-6,10-11H,2-4,7-9H2,1H3,(H,17,22)/t11-/m0/s1. The zero-order valence-electron chi connectivity index (χ0n) is 12.6. The maximum atomic E-state index is 12.2. The minimum absolute atomic E-state index is 0.175. The highest BCUT2D eigenvalue weighted by Crippen LogP contribution is 2.15. The number of likely N-dealkylation sites (tertiary alicyclic amines) is 1. The molecule has 1 amide bonds. The summed E-state index contributed by atoms with van der Waals surface area (Å²) in [5.74, 6) is -0.175. The van der Waals surface area contributed by atoms with Crippen LogP contribution in [0.1, 0.15) is 36.7 Å². The van der Waals surface area contributed by atoms with Crippen LogP contribution >= 0.6 is 11.6 Å². The molecule has 1 aliphatic rings. The topological polar surface area (TPSA) is 62.5 Å². The molecule has 1 aliphatic heterocycles. The lowest BCUT2D eigenvalue weighted by Gasteiger charge is -2.33. The van der Waals surface area contributed by atoms with Crippen LogP contribution in [-0.4, -0.2) is 51.1 Å². The first-order valence-electron chi connectivity index (χ1n) is 7.67. The number of hydrogen-bond acceptors (Lipinski definition) is 4. The predicted octanol–water partition coefficient (Wildman–Crippen LogP) is 1.99. The van der Waals surface area contributed by atoms with E-state index in [-0.39, 0.29) is 5.91 Å². The lowest BCUT2D eigenvalue weighted by atomic mass is 10.0. The molecule has 0 saturated carbocycles. The molecule has 2 aromatic rings. The summed E-state index contributed by atoms with van der Waals surface area (Å²) in [4.78, 5) is 18.8. The van der Waals surface area contributed by atoms with Gasteiger partial charge in [-0.1, -0.05) is 18.0 Å². The third kappa shape index (κ3) is 3.39. The molecule has 1 fully saturated rings. The Balaban J connectivity index is 1.56. The summed E-state index contributed by atoms with van der Waals surface area (Å²) in [5, 5.41) is 7.37. The first-order chi connectivity index (χ1) is 10.6. The van der Waals surface area contributed by atoms with Gasteiger partial charge in [-0.15, -0.1) is 0 Å². The molecule has 7 heteroatoms. The van der Waals surface area contributed by atoms with Gasteiger partial charge < -0.3 is 5.32 Å². The molecular formula is C15H20ClN5O. The maximum absolute atomic E-state index is 12.2. The summed E-state index contributed by atoms with van der Waals surface area (Å²) in [6, 6.07) is 4.00. The van der Waals surface area contributed by atoms with Gasteiger partial charge in [-0.2, -0.15) is 5.10 Å². The second-order valence-electron chi connectivity index (χ2n) is 5.72. The van der Waals surface area contributed by atoms with Gasteiger partial charge in [0.1, 0.15) is 10.8 Å². The number of nitrogens with one attached hydrogen (secondary N) is 1. The molecule has 118 valence electrons. The zero-order valence-corrected chi connectivity index (χ0v) is 13.4. The summed E-state index contributed by atoms with van der Waals surface area (Å²) in [6.45, 7) is 4.88. The van der Waals surface area contributed by atoms with Crippen molar-refractivity contribution in [1.82, 2.24) is 24.8 Å². The number of carbonyl (C=O) groups is 1. The van der Waals surface area contributed by atoms with E-state index >= 15 is 0 Å². The Morgan fingerprint density at radius 2 is 2.32 bits per heavy atom. The van der Waals surface area contributed by atoms with E-state index in [0.29, 0.717) is 29.1 Å². The molecule has 22 heavy (non-hydrogen) atoms. The molecule has 0 unspecified atom stereocenters. The molecular weight excluding hydrogens is 302 g/mol. The van der Waals surface area contributed by atoms with Crippen molar-refractivity contribution in [3.63, 3.8) is 0 Å². The Bertz CT molecular complexity index is 671. The van der Waals surface area contributed by atoms with Crippen LogP contribution in [0.4, 0.5) is 0 Å². The quantitative estimate of drug-likeness (QED) is 0.935. The van der Waals surface area contributed by atoms with E-state index in [4.69, 9.17) is 11.6 Å². The SMILES string of the molecule is C[C@H]1CCCCN1CCNC(=O)c1cn2nc(Cl)ccc2n1. The van der Waals surface area contributed by atoms with Crippen LogP contribution in [0.3, 0.4) is 0 Å². The van der Waals surface area contributed by atoms with E-state index in [2.05, 4.69) is 27.2 Å². The molecule has 0 aromatic carbocycles. The van der Waals surface area contributed by atoms with Crippen molar-refractivity contribution in [1.29, 1.82) is 0 Å². The van der Waals surface area contributed by atoms with E-state index in [1.54, 1.807) is 18.3 Å². The predicted molar refractivity (Wildman–Crippen MR) is 85.2 cm³/mol. The van der Waals surface area contributed by atoms with Crippen molar-refractivity contribution in [3.05, 3.63) is 29.2 Å². The van der Waals surface area contributed by atoms with Gasteiger partial charge in [0, 0.05) is 19.1 Å². The van der Waals surface area contributed by atoms with Crippen molar-refractivity contribution in [2.45, 2.75) is 32.2 Å². The lowest BCUT2D eigenvalue weighted by Crippen LogP contribution is -2.42. The summed E-state index contributed by atoms with van der Waals surface area (Å²) in [5.41, 5.74) is 0.973. The molecule has 1 atom stereocenters. The largest absolute Gasteiger partial charge is 0.349 e. The number of piperidine rings is 1. The zero-order chi connectivity index (χ0) is 15.5. The Kier molecular flexibility index (Phi) is 4.59. The van der Waals surface area contributed by atoms with Crippen molar-refractivity contribution >= 4 is 23.2 Å². The highest BCUT2D eigenvalue weighted by atomic mass is 35.5. The smallest absolute Gasteiger partial charge is 0.271 e. The maximum Gasteiger partial charge on any atom is 0.271 e. The minimum atomic E-state index is -0.175. The summed E-state index contributed by atoms with van der Waals surface area (Å²) >= 11 is 5.82. The molecule has 1 saturated heterocycles. The van der Waals surface area contributed by atoms with Crippen molar-refractivity contribution < 1.29 is 4.79 Å². The van der Waals surface area contributed by atoms with Gasteiger partial charge in [0.15, 0.2) is 5.65 Å². The summed E-state index contributed by atoms with van der Waals surface area (Å²) in [7, 11) is 0. The number of imidazole rings is 1. The fourth-order valence-electron chi connectivity index (χ4n) is 2.86. The van der Waals surface area contributed by atoms with Crippen LogP contribution in [0.5, 0.6) is 0 Å². The average molecular weight is 322 g/mol. The summed E-state index contributed by atoms with van der Waals surface area (Å²) in [6.07, 6.45) is 5.39. The van der Waals surface area contributed by atoms with Crippen LogP contribution in [-0.2, 0) is 0 Å². The van der Waals surface area contributed by atoms with Gasteiger partial charge in [-0.05, 0) is 38.4 Å². The minimum Gasteiger partial charge on any atom is -0.349 e. The van der Waals surface area contributed by atoms with E-state index in [0.717, 1.165) is 13.1 Å². The molecule has 2 aromatic heterocycles. The Labute approximate surface area is 134 Å². The Morgan fingerprint density at radius 3 is 3.14 bits per heavy atom. The number of aromatic nitrogens is 3. The Morgan fingerprint density at radius 1 is 1.45 bits per heavy atom. The molecule has 0 radical (unpaired) electrons. The van der Waals surface area contributed by atoms with E-state index in [1.165, 1.54) is 23.8 Å². The fourth-order valence-corrected chi connectivity index (χ4v) is 3.01. The van der Waals surface area contributed by atoms with Crippen LogP contribution in [0.25, 0.3) is 5.65 Å². The molecule has 1 N–H and O–H groups in total. The third-order valence-corrected chi connectivity index (χ3v) is 4.35. The molecule has 6 nitrogen and oxygen atoms in total. The molecule has 3 heterocycles. The first-order valence-corrected chi connectivity index (χ1v) is 8.05. The van der Waals surface area contributed by atoms with Crippen LogP contribution in [0, 0.1) is 0 Å². The highest BCUT2D eigenvalue weighted by molar-refractivity contribution is 6.29. The van der Waals surface area contributed by atoms with Gasteiger partial charge in [0.05, 0.1) is 6.20 Å². The number of carbonyl (C=O) groups excluding carboxylic acids is 1. The van der Waals surface area contributed by atoms with Crippen LogP contribution < -0.4 is 5.32 Å². The van der Waals surface area contributed by atoms with Crippen LogP contribution in [0.15, 0.2) is 18.3 Å². The number of halogens is 1. The van der Waals surface area contributed by atoms with E-state index < -0.39 is 0 Å². The van der Waals surface area contributed by atoms with Crippen molar-refractivity contribution in [2.75, 3.05) is 19.6 Å². The van der Waals surface area contributed by atoms with Crippen molar-refractivity contribution in [3.8, 4) is 0 Å². The van der Waals surface area contributed by atoms with Gasteiger partial charge in [0.25, 0.3) is 5.91 Å². The monoisotopic (exact) mass is 321 g/mol. The number of fused-ring (bicyclic) bond motifs is 1. The molecule has 0 spiro atoms. The van der Waals surface area contributed by atoms with Gasteiger partial charge in [0.2, 0.25) is 0 Å². The summed E-state index contributed by atoms with van der Waals surface area (Å²) < 4.78 is 1.52. The molecule has 0 bridgehead atoms. The van der Waals surface area contributed by atoms with Gasteiger partial charge >= 0.3 is 0 Å². The normalized spacial score (nSPS) is 19.5. The third-order valence-electron chi connectivity index (χ3n) is 4.15. The van der Waals surface area contributed by atoms with Gasteiger partial charge in [-0.3, -0.25) is 9.69 Å². The molecule has 3 rings (SSSR count). The van der Waals surface area contributed by atoms with E-state index in [9.17, 15) is 4.79 Å². The molecule has 0 aliphatic carbocycles. The number of nitrogens with zero attached hydrogens (tertiary/aromatic N) is 4. The number of rotatable bonds is 4. The van der Waals surface area contributed by atoms with Gasteiger partial charge in [-0.25, -0.2) is 9.50 Å². The van der Waals surface area contributed by atoms with E-state index in [1.807, 2.05) is 0 Å². The fraction of sp³-hybridized carbons (Fsp3) is 0.533. The number of hydrogen-bond donors (Lipinski definition) is 1. The second kappa shape index (κ2) is 6.62. The lowest BCUT2D eigenvalue weighted by molar-refractivity contribution is 0.0934.